The van der Waals surface area contributed by atoms with Crippen LogP contribution in [0, 0.1) is 5.92 Å². The van der Waals surface area contributed by atoms with E-state index in [0.717, 1.165) is 55.4 Å². The summed E-state index contributed by atoms with van der Waals surface area (Å²) < 4.78 is 6.22. The Balaban J connectivity index is 1.61. The standard InChI is InChI=1S/C29H39N3O4/c33-18-14-23-12-16-32(17-13-23)29(35)25-10-7-11-27-26(25)21-31(20-24-8-3-1-4-9-24)22-28(34)30-15-5-2-6-19-36-27/h1,3-4,7-11,23,33H,2,5-6,12-22H2,(H,30,34). The SMILES string of the molecule is O=C1CN(Cc2ccccc2)Cc2c(cccc2C(=O)N2CCC(CCO)CC2)OCCCCCN1. The number of benzene rings is 2. The average molecular weight is 494 g/mol. The summed E-state index contributed by atoms with van der Waals surface area (Å²) in [7, 11) is 0. The third-order valence-corrected chi connectivity index (χ3v) is 7.20. The van der Waals surface area contributed by atoms with Crippen molar-refractivity contribution in [3.63, 3.8) is 0 Å². The van der Waals surface area contributed by atoms with Crippen LogP contribution in [0.5, 0.6) is 5.75 Å². The number of carbonyl (C=O) groups is 2. The summed E-state index contributed by atoms with van der Waals surface area (Å²) in [5, 5.41) is 12.3. The molecule has 4 rings (SSSR count). The zero-order valence-corrected chi connectivity index (χ0v) is 21.2. The number of piperidine rings is 1. The van der Waals surface area contributed by atoms with Crippen LogP contribution in [0.15, 0.2) is 48.5 Å². The molecule has 36 heavy (non-hydrogen) atoms. The number of hydrogen-bond donors (Lipinski definition) is 2. The van der Waals surface area contributed by atoms with E-state index in [0.29, 0.717) is 50.8 Å². The van der Waals surface area contributed by atoms with Crippen LogP contribution in [-0.4, -0.2) is 66.1 Å². The van der Waals surface area contributed by atoms with Gasteiger partial charge in [0.05, 0.1) is 13.2 Å². The normalized spacial score (nSPS) is 18.7. The number of rotatable bonds is 5. The summed E-state index contributed by atoms with van der Waals surface area (Å²) in [6.07, 6.45) is 5.43. The Morgan fingerprint density at radius 1 is 1.00 bits per heavy atom. The molecule has 7 heteroatoms. The van der Waals surface area contributed by atoms with Crippen LogP contribution in [0.4, 0.5) is 0 Å². The maximum Gasteiger partial charge on any atom is 0.254 e. The van der Waals surface area contributed by atoms with E-state index in [-0.39, 0.29) is 25.0 Å². The average Bonchev–Trinajstić information content (AvgIpc) is 2.90. The second-order valence-electron chi connectivity index (χ2n) is 9.92. The number of hydrogen-bond acceptors (Lipinski definition) is 5. The molecule has 2 aromatic carbocycles. The highest BCUT2D eigenvalue weighted by atomic mass is 16.5. The van der Waals surface area contributed by atoms with Crippen molar-refractivity contribution in [2.45, 2.75) is 51.6 Å². The van der Waals surface area contributed by atoms with Gasteiger partial charge in [0, 0.05) is 50.5 Å². The maximum absolute atomic E-state index is 13.7. The van der Waals surface area contributed by atoms with Crippen molar-refractivity contribution in [2.24, 2.45) is 5.92 Å². The number of aliphatic hydroxyl groups is 1. The van der Waals surface area contributed by atoms with Crippen molar-refractivity contribution in [2.75, 3.05) is 39.4 Å². The van der Waals surface area contributed by atoms with Crippen molar-refractivity contribution in [1.29, 1.82) is 0 Å². The van der Waals surface area contributed by atoms with E-state index >= 15 is 0 Å². The van der Waals surface area contributed by atoms with Crippen molar-refractivity contribution in [3.8, 4) is 5.75 Å². The van der Waals surface area contributed by atoms with E-state index in [4.69, 9.17) is 4.74 Å². The lowest BCUT2D eigenvalue weighted by Crippen LogP contribution is -2.40. The quantitative estimate of drug-likeness (QED) is 0.665. The highest BCUT2D eigenvalue weighted by Gasteiger charge is 2.27. The predicted octanol–water partition coefficient (Wildman–Crippen LogP) is 3.60. The molecule has 2 N–H and O–H groups in total. The molecule has 1 saturated heterocycles. The molecular formula is C29H39N3O4. The first-order valence-corrected chi connectivity index (χ1v) is 13.3. The van der Waals surface area contributed by atoms with Crippen LogP contribution in [0.25, 0.3) is 0 Å². The predicted molar refractivity (Wildman–Crippen MR) is 140 cm³/mol. The van der Waals surface area contributed by atoms with Gasteiger partial charge in [0.15, 0.2) is 0 Å². The number of fused-ring (bicyclic) bond motifs is 1. The Labute approximate surface area is 214 Å². The third-order valence-electron chi connectivity index (χ3n) is 7.20. The monoisotopic (exact) mass is 493 g/mol. The molecule has 2 amide bonds. The van der Waals surface area contributed by atoms with E-state index in [9.17, 15) is 14.7 Å². The lowest BCUT2D eigenvalue weighted by Gasteiger charge is -2.33. The molecule has 2 aliphatic heterocycles. The molecule has 1 fully saturated rings. The molecule has 0 aromatic heterocycles. The molecule has 0 aliphatic carbocycles. The Morgan fingerprint density at radius 3 is 2.58 bits per heavy atom. The van der Waals surface area contributed by atoms with Gasteiger partial charge in [0.25, 0.3) is 5.91 Å². The van der Waals surface area contributed by atoms with Gasteiger partial charge in [-0.1, -0.05) is 36.4 Å². The molecule has 0 atom stereocenters. The van der Waals surface area contributed by atoms with Crippen LogP contribution >= 0.6 is 0 Å². The van der Waals surface area contributed by atoms with Gasteiger partial charge in [-0.3, -0.25) is 14.5 Å². The van der Waals surface area contributed by atoms with Crippen LogP contribution in [0.2, 0.25) is 0 Å². The highest BCUT2D eigenvalue weighted by Crippen LogP contribution is 2.29. The Kier molecular flexibility index (Phi) is 9.76. The minimum absolute atomic E-state index is 0.00223. The largest absolute Gasteiger partial charge is 0.493 e. The van der Waals surface area contributed by atoms with Crippen molar-refractivity contribution in [1.82, 2.24) is 15.1 Å². The minimum Gasteiger partial charge on any atom is -0.493 e. The number of nitrogens with one attached hydrogen (secondary N) is 1. The first-order valence-electron chi connectivity index (χ1n) is 13.3. The summed E-state index contributed by atoms with van der Waals surface area (Å²) in [6, 6.07) is 15.8. The summed E-state index contributed by atoms with van der Waals surface area (Å²) in [5.74, 6) is 1.23. The fourth-order valence-electron chi connectivity index (χ4n) is 5.15. The van der Waals surface area contributed by atoms with Gasteiger partial charge in [-0.15, -0.1) is 0 Å². The van der Waals surface area contributed by atoms with Crippen LogP contribution in [-0.2, 0) is 17.9 Å². The topological polar surface area (TPSA) is 82.1 Å². The fourth-order valence-corrected chi connectivity index (χ4v) is 5.15. The molecule has 2 heterocycles. The first-order chi connectivity index (χ1) is 17.6. The number of likely N-dealkylation sites (tertiary alicyclic amines) is 1. The van der Waals surface area contributed by atoms with E-state index in [2.05, 4.69) is 22.3 Å². The highest BCUT2D eigenvalue weighted by molar-refractivity contribution is 5.96. The summed E-state index contributed by atoms with van der Waals surface area (Å²) in [6.45, 7) is 4.15. The maximum atomic E-state index is 13.7. The molecule has 0 unspecified atom stereocenters. The molecule has 194 valence electrons. The Bertz CT molecular complexity index is 989. The summed E-state index contributed by atoms with van der Waals surface area (Å²) in [4.78, 5) is 30.5. The van der Waals surface area contributed by atoms with Gasteiger partial charge in [-0.2, -0.15) is 0 Å². The van der Waals surface area contributed by atoms with Gasteiger partial charge in [0.1, 0.15) is 5.75 Å². The molecule has 0 bridgehead atoms. The number of aliphatic hydroxyl groups excluding tert-OH is 1. The molecule has 2 aliphatic rings. The van der Waals surface area contributed by atoms with Gasteiger partial charge >= 0.3 is 0 Å². The molecule has 2 aromatic rings. The van der Waals surface area contributed by atoms with Crippen LogP contribution < -0.4 is 10.1 Å². The van der Waals surface area contributed by atoms with E-state index in [1.54, 1.807) is 0 Å². The lowest BCUT2D eigenvalue weighted by molar-refractivity contribution is -0.122. The minimum atomic E-state index is 0.00223. The number of nitrogens with zero attached hydrogens (tertiary/aromatic N) is 2. The zero-order chi connectivity index (χ0) is 25.2. The molecule has 0 radical (unpaired) electrons. The van der Waals surface area contributed by atoms with Crippen LogP contribution in [0.1, 0.15) is 60.0 Å². The fraction of sp³-hybridized carbons (Fsp3) is 0.517. The summed E-state index contributed by atoms with van der Waals surface area (Å²) >= 11 is 0. The molecule has 0 spiro atoms. The van der Waals surface area contributed by atoms with Crippen molar-refractivity contribution < 1.29 is 19.4 Å². The van der Waals surface area contributed by atoms with Gasteiger partial charge in [0.2, 0.25) is 5.91 Å². The van der Waals surface area contributed by atoms with Gasteiger partial charge < -0.3 is 20.1 Å². The first kappa shape index (κ1) is 26.2. The lowest BCUT2D eigenvalue weighted by atomic mass is 9.93. The Hall–Kier alpha value is -2.90. The Morgan fingerprint density at radius 2 is 1.81 bits per heavy atom. The second kappa shape index (κ2) is 13.4. The van der Waals surface area contributed by atoms with E-state index < -0.39 is 0 Å². The molecule has 7 nitrogen and oxygen atoms in total. The van der Waals surface area contributed by atoms with Crippen molar-refractivity contribution in [3.05, 3.63) is 65.2 Å². The summed E-state index contributed by atoms with van der Waals surface area (Å²) in [5.41, 5.74) is 2.62. The van der Waals surface area contributed by atoms with Gasteiger partial charge in [-0.25, -0.2) is 0 Å². The third kappa shape index (κ3) is 7.31. The van der Waals surface area contributed by atoms with Gasteiger partial charge in [-0.05, 0) is 62.1 Å². The number of amides is 2. The molecular weight excluding hydrogens is 454 g/mol. The van der Waals surface area contributed by atoms with E-state index in [1.807, 2.05) is 41.3 Å². The van der Waals surface area contributed by atoms with Crippen LogP contribution in [0.3, 0.4) is 0 Å². The number of ether oxygens (including phenoxy) is 1. The smallest absolute Gasteiger partial charge is 0.254 e. The van der Waals surface area contributed by atoms with E-state index in [1.165, 1.54) is 0 Å². The van der Waals surface area contributed by atoms with Crippen molar-refractivity contribution >= 4 is 11.8 Å². The number of carbonyl (C=O) groups excluding carboxylic acids is 2. The zero-order valence-electron chi connectivity index (χ0n) is 21.2. The molecule has 0 saturated carbocycles. The second-order valence-corrected chi connectivity index (χ2v) is 9.92.